The number of carbonyl (C=O) groups excluding carboxylic acids is 1. The van der Waals surface area contributed by atoms with Gasteiger partial charge in [-0.25, -0.2) is 14.6 Å². The average molecular weight is 458 g/mol. The maximum atomic E-state index is 12.2. The van der Waals surface area contributed by atoms with Crippen LogP contribution in [0.3, 0.4) is 0 Å². The van der Waals surface area contributed by atoms with Crippen molar-refractivity contribution in [2.45, 2.75) is 26.4 Å². The number of hydrogen-bond donors (Lipinski definition) is 1. The Morgan fingerprint density at radius 2 is 1.69 bits per heavy atom. The lowest BCUT2D eigenvalue weighted by atomic mass is 10.1. The van der Waals surface area contributed by atoms with Crippen molar-refractivity contribution in [2.75, 3.05) is 31.1 Å². The summed E-state index contributed by atoms with van der Waals surface area (Å²) >= 11 is 13.2. The van der Waals surface area contributed by atoms with Crippen LogP contribution >= 0.6 is 34.5 Å². The van der Waals surface area contributed by atoms with Crippen LogP contribution in [-0.4, -0.2) is 58.8 Å². The monoisotopic (exact) mass is 457 g/mol. The molecule has 1 amide bonds. The van der Waals surface area contributed by atoms with Gasteiger partial charge in [-0.2, -0.15) is 0 Å². The molecule has 0 radical (unpaired) electrons. The second-order valence-electron chi connectivity index (χ2n) is 7.59. The number of nitrogens with zero attached hydrogens (tertiary/aromatic N) is 3. The van der Waals surface area contributed by atoms with Crippen molar-refractivity contribution >= 4 is 51.7 Å². The molecule has 1 N–H and O–H groups in total. The third kappa shape index (κ3) is 5.32. The second-order valence-corrected chi connectivity index (χ2v) is 9.44. The Hall–Kier alpha value is -2.03. The van der Waals surface area contributed by atoms with E-state index in [1.54, 1.807) is 23.1 Å². The van der Waals surface area contributed by atoms with Crippen molar-refractivity contribution in [3.8, 4) is 11.3 Å². The number of carbonyl (C=O) groups is 2. The lowest BCUT2D eigenvalue weighted by Crippen LogP contribution is -2.50. The summed E-state index contributed by atoms with van der Waals surface area (Å²) in [5.74, 6) is -1.06. The third-order valence-electron chi connectivity index (χ3n) is 4.15. The average Bonchev–Trinajstić information content (AvgIpc) is 3.05. The Morgan fingerprint density at radius 3 is 2.21 bits per heavy atom. The normalized spacial score (nSPS) is 14.8. The van der Waals surface area contributed by atoms with Crippen molar-refractivity contribution in [2.24, 2.45) is 0 Å². The lowest BCUT2D eigenvalue weighted by Gasteiger charge is -2.35. The van der Waals surface area contributed by atoms with Gasteiger partial charge in [-0.3, -0.25) is 0 Å². The van der Waals surface area contributed by atoms with Crippen molar-refractivity contribution in [1.29, 1.82) is 0 Å². The first-order valence-electron chi connectivity index (χ1n) is 8.97. The van der Waals surface area contributed by atoms with Crippen LogP contribution in [0, 0.1) is 0 Å². The smallest absolute Gasteiger partial charge is 0.410 e. The number of benzene rings is 1. The molecule has 29 heavy (non-hydrogen) atoms. The quantitative estimate of drug-likeness (QED) is 0.707. The van der Waals surface area contributed by atoms with Gasteiger partial charge in [0.25, 0.3) is 0 Å². The van der Waals surface area contributed by atoms with Crippen LogP contribution in [0.1, 0.15) is 30.4 Å². The van der Waals surface area contributed by atoms with E-state index in [1.165, 1.54) is 0 Å². The molecule has 3 rings (SSSR count). The van der Waals surface area contributed by atoms with E-state index in [1.807, 2.05) is 25.7 Å². The van der Waals surface area contributed by atoms with Gasteiger partial charge in [0.2, 0.25) is 0 Å². The van der Waals surface area contributed by atoms with Crippen molar-refractivity contribution in [3.05, 3.63) is 33.1 Å². The molecule has 1 aliphatic heterocycles. The molecule has 0 bridgehead atoms. The summed E-state index contributed by atoms with van der Waals surface area (Å²) in [4.78, 5) is 32.3. The van der Waals surface area contributed by atoms with Gasteiger partial charge in [-0.1, -0.05) is 34.5 Å². The number of anilines is 1. The number of amides is 1. The summed E-state index contributed by atoms with van der Waals surface area (Å²) in [7, 11) is 0. The summed E-state index contributed by atoms with van der Waals surface area (Å²) < 4.78 is 5.41. The molecule has 1 aromatic heterocycles. The van der Waals surface area contributed by atoms with E-state index in [-0.39, 0.29) is 11.0 Å². The highest BCUT2D eigenvalue weighted by molar-refractivity contribution is 7.17. The highest BCUT2D eigenvalue weighted by atomic mass is 35.5. The highest BCUT2D eigenvalue weighted by Crippen LogP contribution is 2.36. The lowest BCUT2D eigenvalue weighted by molar-refractivity contribution is 0.0240. The molecule has 0 aliphatic carbocycles. The van der Waals surface area contributed by atoms with Gasteiger partial charge in [-0.15, -0.1) is 0 Å². The van der Waals surface area contributed by atoms with E-state index in [2.05, 4.69) is 4.98 Å². The number of aromatic nitrogens is 1. The molecule has 156 valence electrons. The molecule has 0 atom stereocenters. The molecule has 2 heterocycles. The molecule has 0 saturated carbocycles. The second kappa shape index (κ2) is 8.38. The molecular formula is C19H21Cl2N3O4S. The van der Waals surface area contributed by atoms with E-state index in [0.717, 1.165) is 11.3 Å². The van der Waals surface area contributed by atoms with Gasteiger partial charge in [0.1, 0.15) is 10.5 Å². The molecule has 1 saturated heterocycles. The molecule has 2 aromatic rings. The van der Waals surface area contributed by atoms with Crippen molar-refractivity contribution < 1.29 is 19.4 Å². The SMILES string of the molecule is CC(C)(C)OC(=O)N1CCN(c2nc(-c3cc(Cl)cc(Cl)c3)c(C(=O)O)s2)CC1. The van der Waals surface area contributed by atoms with Gasteiger partial charge >= 0.3 is 12.1 Å². The van der Waals surface area contributed by atoms with Gasteiger partial charge in [0.05, 0.1) is 5.69 Å². The zero-order valence-corrected chi connectivity index (χ0v) is 18.6. The van der Waals surface area contributed by atoms with Crippen LogP contribution in [0.25, 0.3) is 11.3 Å². The van der Waals surface area contributed by atoms with E-state index < -0.39 is 11.6 Å². The number of thiazole rings is 1. The van der Waals surface area contributed by atoms with Crippen LogP contribution in [0.2, 0.25) is 10.0 Å². The topological polar surface area (TPSA) is 83.0 Å². The van der Waals surface area contributed by atoms with Gasteiger partial charge < -0.3 is 19.6 Å². The molecule has 7 nitrogen and oxygen atoms in total. The minimum atomic E-state index is -1.06. The number of halogens is 2. The Bertz CT molecular complexity index is 914. The van der Waals surface area contributed by atoms with Gasteiger partial charge in [0.15, 0.2) is 5.13 Å². The Labute approximate surface area is 182 Å². The van der Waals surface area contributed by atoms with E-state index in [4.69, 9.17) is 27.9 Å². The largest absolute Gasteiger partial charge is 0.477 e. The molecule has 1 aromatic carbocycles. The fraction of sp³-hybridized carbons (Fsp3) is 0.421. The number of hydrogen-bond acceptors (Lipinski definition) is 6. The number of piperazine rings is 1. The zero-order valence-electron chi connectivity index (χ0n) is 16.2. The molecule has 1 aliphatic rings. The maximum absolute atomic E-state index is 12.2. The van der Waals surface area contributed by atoms with Crippen LogP contribution < -0.4 is 4.90 Å². The Kier molecular flexibility index (Phi) is 6.26. The number of carboxylic acids is 1. The minimum absolute atomic E-state index is 0.118. The first-order valence-corrected chi connectivity index (χ1v) is 10.5. The van der Waals surface area contributed by atoms with Crippen LogP contribution in [0.4, 0.5) is 9.93 Å². The van der Waals surface area contributed by atoms with Gasteiger partial charge in [0, 0.05) is 41.8 Å². The highest BCUT2D eigenvalue weighted by Gasteiger charge is 2.28. The fourth-order valence-corrected chi connectivity index (χ4v) is 4.39. The summed E-state index contributed by atoms with van der Waals surface area (Å²) in [6.07, 6.45) is -0.350. The first-order chi connectivity index (χ1) is 13.5. The number of carboxylic acid groups (broad SMARTS) is 1. The minimum Gasteiger partial charge on any atom is -0.477 e. The van der Waals surface area contributed by atoms with Crippen LogP contribution in [0.5, 0.6) is 0 Å². The number of ether oxygens (including phenoxy) is 1. The van der Waals surface area contributed by atoms with Gasteiger partial charge in [-0.05, 0) is 39.0 Å². The predicted octanol–water partition coefficient (Wildman–Crippen LogP) is 4.87. The molecule has 0 spiro atoms. The van der Waals surface area contributed by atoms with Crippen molar-refractivity contribution in [1.82, 2.24) is 9.88 Å². The molecule has 10 heteroatoms. The molecule has 0 unspecified atom stereocenters. The Morgan fingerprint density at radius 1 is 1.10 bits per heavy atom. The van der Waals surface area contributed by atoms with E-state index in [0.29, 0.717) is 52.6 Å². The predicted molar refractivity (Wildman–Crippen MR) is 115 cm³/mol. The first kappa shape index (κ1) is 21.7. The zero-order chi connectivity index (χ0) is 21.3. The Balaban J connectivity index is 1.79. The number of aromatic carboxylic acids is 1. The summed E-state index contributed by atoms with van der Waals surface area (Å²) in [6, 6.07) is 4.86. The van der Waals surface area contributed by atoms with E-state index >= 15 is 0 Å². The molecular weight excluding hydrogens is 437 g/mol. The fourth-order valence-electron chi connectivity index (χ4n) is 2.88. The van der Waals surface area contributed by atoms with E-state index in [9.17, 15) is 14.7 Å². The summed E-state index contributed by atoms with van der Waals surface area (Å²) in [5.41, 5.74) is 0.332. The summed E-state index contributed by atoms with van der Waals surface area (Å²) in [6.45, 7) is 7.48. The van der Waals surface area contributed by atoms with Crippen LogP contribution in [-0.2, 0) is 4.74 Å². The molecule has 1 fully saturated rings. The summed E-state index contributed by atoms with van der Waals surface area (Å²) in [5, 5.41) is 11.0. The number of rotatable bonds is 3. The van der Waals surface area contributed by atoms with Crippen molar-refractivity contribution in [3.63, 3.8) is 0 Å². The van der Waals surface area contributed by atoms with Crippen LogP contribution in [0.15, 0.2) is 18.2 Å². The maximum Gasteiger partial charge on any atom is 0.410 e. The third-order valence-corrected chi connectivity index (χ3v) is 5.69. The standard InChI is InChI=1S/C19H21Cl2N3O4S/c1-19(2,3)28-18(27)24-6-4-23(5-7-24)17-22-14(15(29-17)16(25)26)11-8-12(20)10-13(21)9-11/h8-10H,4-7H2,1-3H3,(H,25,26).